The fourth-order valence-corrected chi connectivity index (χ4v) is 3.11. The summed E-state index contributed by atoms with van der Waals surface area (Å²) >= 11 is 0. The van der Waals surface area contributed by atoms with Gasteiger partial charge in [0, 0.05) is 18.7 Å². The number of hydrogen-bond acceptors (Lipinski definition) is 3. The van der Waals surface area contributed by atoms with Crippen LogP contribution < -0.4 is 0 Å². The predicted molar refractivity (Wildman–Crippen MR) is 83.9 cm³/mol. The van der Waals surface area contributed by atoms with E-state index in [9.17, 15) is 19.4 Å². The van der Waals surface area contributed by atoms with Crippen LogP contribution in [0.5, 0.6) is 11.5 Å². The molecule has 1 heterocycles. The molecular formula is C18H18FNO3. The molecule has 4 nitrogen and oxygen atoms in total. The van der Waals surface area contributed by atoms with Crippen molar-refractivity contribution in [3.8, 4) is 11.5 Å². The Morgan fingerprint density at radius 1 is 1.22 bits per heavy atom. The van der Waals surface area contributed by atoms with Gasteiger partial charge in [-0.3, -0.25) is 4.79 Å². The molecule has 1 aliphatic rings. The van der Waals surface area contributed by atoms with Crippen molar-refractivity contribution < 1.29 is 19.4 Å². The molecule has 2 aromatic rings. The van der Waals surface area contributed by atoms with Crippen LogP contribution in [0.3, 0.4) is 0 Å². The number of phenolic OH excluding ortho intramolecular Hbond substituents is 2. The molecule has 0 aliphatic carbocycles. The molecule has 3 rings (SSSR count). The highest BCUT2D eigenvalue weighted by molar-refractivity contribution is 5.97. The third-order valence-electron chi connectivity index (χ3n) is 4.21. The molecule has 0 aromatic heterocycles. The number of aromatic hydroxyl groups is 2. The Morgan fingerprint density at radius 3 is 2.78 bits per heavy atom. The molecule has 23 heavy (non-hydrogen) atoms. The lowest BCUT2D eigenvalue weighted by molar-refractivity contribution is 0.0733. The average Bonchev–Trinajstić information content (AvgIpc) is 2.95. The maximum Gasteiger partial charge on any atom is 0.257 e. The van der Waals surface area contributed by atoms with Crippen molar-refractivity contribution >= 4 is 5.91 Å². The molecule has 120 valence electrons. The van der Waals surface area contributed by atoms with Gasteiger partial charge in [0.1, 0.15) is 17.3 Å². The van der Waals surface area contributed by atoms with Crippen molar-refractivity contribution in [3.05, 3.63) is 59.4 Å². The van der Waals surface area contributed by atoms with Crippen molar-refractivity contribution in [2.75, 3.05) is 6.54 Å². The minimum atomic E-state index is -0.283. The first-order chi connectivity index (χ1) is 11.0. The number of halogens is 1. The maximum atomic E-state index is 13.3. The van der Waals surface area contributed by atoms with Gasteiger partial charge in [0.25, 0.3) is 5.91 Å². The zero-order chi connectivity index (χ0) is 16.4. The van der Waals surface area contributed by atoms with Crippen LogP contribution in [0.15, 0.2) is 42.5 Å². The first-order valence-corrected chi connectivity index (χ1v) is 7.62. The molecule has 2 aromatic carbocycles. The Bertz CT molecular complexity index is 732. The number of rotatable bonds is 3. The Hall–Kier alpha value is -2.56. The zero-order valence-electron chi connectivity index (χ0n) is 12.6. The highest BCUT2D eigenvalue weighted by Gasteiger charge is 2.30. The van der Waals surface area contributed by atoms with Crippen molar-refractivity contribution in [2.45, 2.75) is 25.3 Å². The lowest BCUT2D eigenvalue weighted by Gasteiger charge is -2.25. The van der Waals surface area contributed by atoms with E-state index >= 15 is 0 Å². The number of carbonyl (C=O) groups is 1. The Morgan fingerprint density at radius 2 is 2.04 bits per heavy atom. The van der Waals surface area contributed by atoms with E-state index in [0.29, 0.717) is 13.0 Å². The molecule has 0 saturated carbocycles. The van der Waals surface area contributed by atoms with Crippen LogP contribution in [0.2, 0.25) is 0 Å². The van der Waals surface area contributed by atoms with E-state index in [1.807, 2.05) is 6.07 Å². The van der Waals surface area contributed by atoms with Crippen LogP contribution in [0.1, 0.15) is 28.8 Å². The summed E-state index contributed by atoms with van der Waals surface area (Å²) in [5, 5.41) is 19.2. The highest BCUT2D eigenvalue weighted by atomic mass is 19.1. The Labute approximate surface area is 133 Å². The zero-order valence-corrected chi connectivity index (χ0v) is 12.6. The van der Waals surface area contributed by atoms with Crippen molar-refractivity contribution in [1.82, 2.24) is 4.90 Å². The van der Waals surface area contributed by atoms with Crippen LogP contribution in [0.25, 0.3) is 0 Å². The molecule has 1 amide bonds. The van der Waals surface area contributed by atoms with Gasteiger partial charge >= 0.3 is 0 Å². The van der Waals surface area contributed by atoms with E-state index in [1.165, 1.54) is 24.3 Å². The van der Waals surface area contributed by atoms with Crippen molar-refractivity contribution in [3.63, 3.8) is 0 Å². The third-order valence-corrected chi connectivity index (χ3v) is 4.21. The van der Waals surface area contributed by atoms with Crippen molar-refractivity contribution in [1.29, 1.82) is 0 Å². The molecule has 1 aliphatic heterocycles. The molecule has 0 unspecified atom stereocenters. The molecule has 1 saturated heterocycles. The van der Waals surface area contributed by atoms with Gasteiger partial charge in [-0.1, -0.05) is 12.1 Å². The van der Waals surface area contributed by atoms with Crippen LogP contribution in [-0.2, 0) is 6.42 Å². The quantitative estimate of drug-likeness (QED) is 0.915. The molecule has 1 atom stereocenters. The lowest BCUT2D eigenvalue weighted by Crippen LogP contribution is -2.36. The van der Waals surface area contributed by atoms with Gasteiger partial charge in [0.05, 0.1) is 5.56 Å². The predicted octanol–water partition coefficient (Wildman–Crippen LogP) is 3.08. The summed E-state index contributed by atoms with van der Waals surface area (Å²) < 4.78 is 13.3. The standard InChI is InChI=1S/C18H18FNO3/c19-13-4-1-3-12(9-13)10-14-5-2-8-20(14)18(23)16-7-6-15(21)11-17(16)22/h1,3-4,6-7,9,11,14,21-22H,2,5,8,10H2/t14-/m0/s1. The summed E-state index contributed by atoms with van der Waals surface area (Å²) in [6.07, 6.45) is 2.31. The van der Waals surface area contributed by atoms with E-state index in [-0.39, 0.29) is 34.8 Å². The summed E-state index contributed by atoms with van der Waals surface area (Å²) in [5.41, 5.74) is 1.03. The van der Waals surface area contributed by atoms with Gasteiger partial charge in [0.15, 0.2) is 0 Å². The summed E-state index contributed by atoms with van der Waals surface area (Å²) in [7, 11) is 0. The molecule has 0 radical (unpaired) electrons. The molecule has 0 bridgehead atoms. The van der Waals surface area contributed by atoms with E-state index in [1.54, 1.807) is 11.0 Å². The fourth-order valence-electron chi connectivity index (χ4n) is 3.11. The first kappa shape index (κ1) is 15.3. The fraction of sp³-hybridized carbons (Fsp3) is 0.278. The van der Waals surface area contributed by atoms with Gasteiger partial charge in [-0.15, -0.1) is 0 Å². The third kappa shape index (κ3) is 3.28. The second kappa shape index (κ2) is 6.28. The summed E-state index contributed by atoms with van der Waals surface area (Å²) in [4.78, 5) is 14.4. The van der Waals surface area contributed by atoms with Gasteiger partial charge in [-0.25, -0.2) is 4.39 Å². The Kier molecular flexibility index (Phi) is 4.19. The normalized spacial score (nSPS) is 17.4. The molecule has 5 heteroatoms. The Balaban J connectivity index is 1.79. The summed E-state index contributed by atoms with van der Waals surface area (Å²) in [6, 6.07) is 10.3. The minimum absolute atomic E-state index is 0.0162. The number of carbonyl (C=O) groups excluding carboxylic acids is 1. The van der Waals surface area contributed by atoms with Gasteiger partial charge < -0.3 is 15.1 Å². The summed E-state index contributed by atoms with van der Waals surface area (Å²) in [5.74, 6) is -0.862. The first-order valence-electron chi connectivity index (χ1n) is 7.62. The maximum absolute atomic E-state index is 13.3. The van der Waals surface area contributed by atoms with Gasteiger partial charge in [0.2, 0.25) is 0 Å². The molecular weight excluding hydrogens is 297 g/mol. The number of hydrogen-bond donors (Lipinski definition) is 2. The molecule has 0 spiro atoms. The number of amides is 1. The monoisotopic (exact) mass is 315 g/mol. The van der Waals surface area contributed by atoms with E-state index in [2.05, 4.69) is 0 Å². The number of benzene rings is 2. The minimum Gasteiger partial charge on any atom is -0.508 e. The van der Waals surface area contributed by atoms with Crippen LogP contribution >= 0.6 is 0 Å². The number of nitrogens with zero attached hydrogens (tertiary/aromatic N) is 1. The molecule has 1 fully saturated rings. The van der Waals surface area contributed by atoms with E-state index in [0.717, 1.165) is 24.5 Å². The van der Waals surface area contributed by atoms with E-state index in [4.69, 9.17) is 0 Å². The van der Waals surface area contributed by atoms with Crippen LogP contribution in [-0.4, -0.2) is 33.6 Å². The van der Waals surface area contributed by atoms with E-state index < -0.39 is 0 Å². The topological polar surface area (TPSA) is 60.8 Å². The van der Waals surface area contributed by atoms with Crippen molar-refractivity contribution in [2.24, 2.45) is 0 Å². The smallest absolute Gasteiger partial charge is 0.257 e. The SMILES string of the molecule is O=C(c1ccc(O)cc1O)N1CCC[C@H]1Cc1cccc(F)c1. The highest BCUT2D eigenvalue weighted by Crippen LogP contribution is 2.28. The largest absolute Gasteiger partial charge is 0.508 e. The summed E-state index contributed by atoms with van der Waals surface area (Å²) in [6.45, 7) is 0.610. The van der Waals surface area contributed by atoms with Gasteiger partial charge in [-0.2, -0.15) is 0 Å². The average molecular weight is 315 g/mol. The lowest BCUT2D eigenvalue weighted by atomic mass is 10.0. The number of phenols is 2. The van der Waals surface area contributed by atoms with Crippen LogP contribution in [0, 0.1) is 5.82 Å². The second-order valence-corrected chi connectivity index (χ2v) is 5.83. The van der Waals surface area contributed by atoms with Gasteiger partial charge in [-0.05, 0) is 49.1 Å². The number of likely N-dealkylation sites (tertiary alicyclic amines) is 1. The second-order valence-electron chi connectivity index (χ2n) is 5.83. The molecule has 2 N–H and O–H groups in total. The van der Waals surface area contributed by atoms with Crippen LogP contribution in [0.4, 0.5) is 4.39 Å².